The molecule has 2 heterocycles. The molecule has 0 aromatic rings. The minimum Gasteiger partial charge on any atom is -0.394 e. The Morgan fingerprint density at radius 3 is 2.24 bits per heavy atom. The lowest BCUT2D eigenvalue weighted by molar-refractivity contribution is -0.294. The molecule has 1 aliphatic carbocycles. The highest BCUT2D eigenvalue weighted by molar-refractivity contribution is 5.80. The second-order valence-corrected chi connectivity index (χ2v) is 9.75. The van der Waals surface area contributed by atoms with Gasteiger partial charge >= 0.3 is 0 Å². The molecule has 2 aliphatic heterocycles. The molecule has 1 amide bonds. The van der Waals surface area contributed by atoms with E-state index in [4.69, 9.17) is 41.9 Å². The van der Waals surface area contributed by atoms with Gasteiger partial charge in [0, 0.05) is 19.0 Å². The van der Waals surface area contributed by atoms with Crippen molar-refractivity contribution in [3.8, 4) is 0 Å². The van der Waals surface area contributed by atoms with Crippen molar-refractivity contribution in [2.24, 2.45) is 22.9 Å². The number of aliphatic hydroxyl groups is 6. The van der Waals surface area contributed by atoms with Crippen molar-refractivity contribution in [1.82, 2.24) is 5.32 Å². The van der Waals surface area contributed by atoms with E-state index < -0.39 is 98.2 Å². The van der Waals surface area contributed by atoms with Gasteiger partial charge in [0.25, 0.3) is 0 Å². The normalized spacial score (nSPS) is 45.5. The molecule has 0 bridgehead atoms. The average Bonchev–Trinajstić information content (AvgIpc) is 3.14. The van der Waals surface area contributed by atoms with Crippen LogP contribution in [-0.4, -0.2) is 142 Å². The van der Waals surface area contributed by atoms with E-state index in [1.165, 1.54) is 0 Å². The fourth-order valence-electron chi connectivity index (χ4n) is 4.79. The quantitative estimate of drug-likeness (QED) is 0.123. The first-order chi connectivity index (χ1) is 17.5. The summed E-state index contributed by atoms with van der Waals surface area (Å²) in [4.78, 5) is 12.4. The van der Waals surface area contributed by atoms with Gasteiger partial charge in [0.1, 0.15) is 42.7 Å². The van der Waals surface area contributed by atoms with Gasteiger partial charge in [0.05, 0.1) is 30.9 Å². The van der Waals surface area contributed by atoms with E-state index in [-0.39, 0.29) is 32.4 Å². The van der Waals surface area contributed by atoms with Crippen LogP contribution >= 0.6 is 0 Å². The molecule has 2 saturated heterocycles. The number of amides is 1. The van der Waals surface area contributed by atoms with Crippen LogP contribution < -0.4 is 28.3 Å². The zero-order chi connectivity index (χ0) is 27.4. The third kappa shape index (κ3) is 6.92. The number of rotatable bonds is 10. The molecule has 216 valence electrons. The maximum atomic E-state index is 12.4. The van der Waals surface area contributed by atoms with Crippen LogP contribution in [0.1, 0.15) is 19.3 Å². The predicted molar refractivity (Wildman–Crippen MR) is 124 cm³/mol. The molecular weight excluding hydrogens is 498 g/mol. The summed E-state index contributed by atoms with van der Waals surface area (Å²) < 4.78 is 23.0. The molecule has 0 aromatic heterocycles. The lowest BCUT2D eigenvalue weighted by Gasteiger charge is -2.47. The first-order valence-corrected chi connectivity index (χ1v) is 12.4. The second kappa shape index (κ2) is 13.3. The van der Waals surface area contributed by atoms with Crippen molar-refractivity contribution in [3.05, 3.63) is 0 Å². The first kappa shape index (κ1) is 30.5. The molecule has 3 fully saturated rings. The van der Waals surface area contributed by atoms with Crippen LogP contribution in [0.2, 0.25) is 0 Å². The maximum absolute atomic E-state index is 12.4. The number of carbonyl (C=O) groups is 1. The summed E-state index contributed by atoms with van der Waals surface area (Å²) in [5, 5.41) is 63.8. The standard InChI is InChI=1S/C21H41N5O11/c22-2-1-10(28)19(33)26-9-4-8(24)17(36-20-13(25)11(29)3-7(5-23)34-20)18(14(9)30)37-21-16(32)15(31)12(6-27)35-21/h7-18,20-21,27-32H,1-6,22-25H2,(H,26,33)/t7-,8-,9+,10-,11-,12+,13+,14-,15+,16+,17+,18+,20+,21-/m0/s1. The molecule has 15 N–H and O–H groups in total. The zero-order valence-corrected chi connectivity index (χ0v) is 20.4. The third-order valence-electron chi connectivity index (χ3n) is 7.02. The van der Waals surface area contributed by atoms with Crippen LogP contribution in [0.15, 0.2) is 0 Å². The number of ether oxygens (including phenoxy) is 4. The lowest BCUT2D eigenvalue weighted by Crippen LogP contribution is -2.67. The molecule has 37 heavy (non-hydrogen) atoms. The van der Waals surface area contributed by atoms with E-state index in [0.717, 1.165) is 0 Å². The summed E-state index contributed by atoms with van der Waals surface area (Å²) in [5.41, 5.74) is 23.5. The van der Waals surface area contributed by atoms with Crippen LogP contribution in [0.3, 0.4) is 0 Å². The van der Waals surface area contributed by atoms with Gasteiger partial charge in [0.15, 0.2) is 12.6 Å². The van der Waals surface area contributed by atoms with Crippen LogP contribution in [-0.2, 0) is 23.7 Å². The molecular formula is C21H41N5O11. The molecule has 16 heteroatoms. The summed E-state index contributed by atoms with van der Waals surface area (Å²) in [7, 11) is 0. The molecule has 16 nitrogen and oxygen atoms in total. The SMILES string of the molecule is NCC[C@H](O)C(=O)N[C@@H]1C[C@H](N)[C@@H](O[C@H]2O[C@H](CN)C[C@H](O)[C@H]2N)[C@H](O[C@@H]2O[C@H](CO)[C@@H](O)[C@H]2O)[C@H]1O. The lowest BCUT2D eigenvalue weighted by atomic mass is 9.83. The van der Waals surface area contributed by atoms with Crippen LogP contribution in [0.4, 0.5) is 0 Å². The Kier molecular flexibility index (Phi) is 11.0. The summed E-state index contributed by atoms with van der Waals surface area (Å²) >= 11 is 0. The Balaban J connectivity index is 1.82. The zero-order valence-electron chi connectivity index (χ0n) is 20.4. The van der Waals surface area contributed by atoms with E-state index in [1.54, 1.807) is 0 Å². The monoisotopic (exact) mass is 539 g/mol. The van der Waals surface area contributed by atoms with Crippen molar-refractivity contribution < 1.29 is 54.4 Å². The molecule has 3 rings (SSSR count). The molecule has 1 saturated carbocycles. The Bertz CT molecular complexity index is 741. The highest BCUT2D eigenvalue weighted by atomic mass is 16.7. The number of hydrogen-bond donors (Lipinski definition) is 11. The number of hydrogen-bond acceptors (Lipinski definition) is 15. The Morgan fingerprint density at radius 2 is 1.65 bits per heavy atom. The number of carbonyl (C=O) groups excluding carboxylic acids is 1. The molecule has 0 radical (unpaired) electrons. The summed E-state index contributed by atoms with van der Waals surface area (Å²) in [6, 6.07) is -2.90. The van der Waals surface area contributed by atoms with E-state index in [0.29, 0.717) is 0 Å². The van der Waals surface area contributed by atoms with Crippen molar-refractivity contribution in [3.63, 3.8) is 0 Å². The van der Waals surface area contributed by atoms with Gasteiger partial charge in [-0.2, -0.15) is 0 Å². The van der Waals surface area contributed by atoms with Crippen molar-refractivity contribution in [1.29, 1.82) is 0 Å². The van der Waals surface area contributed by atoms with Gasteiger partial charge < -0.3 is 77.8 Å². The Morgan fingerprint density at radius 1 is 0.973 bits per heavy atom. The summed E-state index contributed by atoms with van der Waals surface area (Å²) in [6.45, 7) is -0.457. The Labute approximate surface area is 213 Å². The highest BCUT2D eigenvalue weighted by Crippen LogP contribution is 2.32. The van der Waals surface area contributed by atoms with E-state index in [9.17, 15) is 35.4 Å². The number of aliphatic hydroxyl groups excluding tert-OH is 6. The van der Waals surface area contributed by atoms with Gasteiger partial charge in [-0.1, -0.05) is 0 Å². The fraction of sp³-hybridized carbons (Fsp3) is 0.952. The van der Waals surface area contributed by atoms with Gasteiger partial charge in [0.2, 0.25) is 5.91 Å². The van der Waals surface area contributed by atoms with E-state index >= 15 is 0 Å². The largest absolute Gasteiger partial charge is 0.394 e. The van der Waals surface area contributed by atoms with Crippen LogP contribution in [0.5, 0.6) is 0 Å². The van der Waals surface area contributed by atoms with Crippen LogP contribution in [0, 0.1) is 0 Å². The van der Waals surface area contributed by atoms with Crippen LogP contribution in [0.25, 0.3) is 0 Å². The number of nitrogens with two attached hydrogens (primary N) is 4. The van der Waals surface area contributed by atoms with Gasteiger partial charge in [-0.25, -0.2) is 0 Å². The highest BCUT2D eigenvalue weighted by Gasteiger charge is 2.52. The molecule has 14 atom stereocenters. The van der Waals surface area contributed by atoms with E-state index in [2.05, 4.69) is 5.32 Å². The van der Waals surface area contributed by atoms with Gasteiger partial charge in [-0.15, -0.1) is 0 Å². The molecule has 0 unspecified atom stereocenters. The minimum absolute atomic E-state index is 0.00352. The first-order valence-electron chi connectivity index (χ1n) is 12.4. The summed E-state index contributed by atoms with van der Waals surface area (Å²) in [6.07, 6.45) is -13.7. The van der Waals surface area contributed by atoms with E-state index in [1.807, 2.05) is 0 Å². The topological polar surface area (TPSA) is 291 Å². The molecule has 0 spiro atoms. The second-order valence-electron chi connectivity index (χ2n) is 9.75. The molecule has 3 aliphatic rings. The average molecular weight is 540 g/mol. The number of nitrogens with one attached hydrogen (secondary N) is 1. The van der Waals surface area contributed by atoms with Crippen molar-refractivity contribution in [2.75, 3.05) is 19.7 Å². The molecule has 0 aromatic carbocycles. The Hall–Kier alpha value is -1.09. The van der Waals surface area contributed by atoms with Gasteiger partial charge in [-0.3, -0.25) is 4.79 Å². The summed E-state index contributed by atoms with van der Waals surface area (Å²) in [5.74, 6) is -0.778. The van der Waals surface area contributed by atoms with Gasteiger partial charge in [-0.05, 0) is 19.4 Å². The van der Waals surface area contributed by atoms with Crippen molar-refractivity contribution >= 4 is 5.91 Å². The minimum atomic E-state index is -1.58. The van der Waals surface area contributed by atoms with Crippen molar-refractivity contribution in [2.45, 2.75) is 105 Å². The fourth-order valence-corrected chi connectivity index (χ4v) is 4.79. The predicted octanol–water partition coefficient (Wildman–Crippen LogP) is -6.76. The smallest absolute Gasteiger partial charge is 0.249 e. The third-order valence-corrected chi connectivity index (χ3v) is 7.02. The maximum Gasteiger partial charge on any atom is 0.249 e.